The van der Waals surface area contributed by atoms with Gasteiger partial charge in [0.1, 0.15) is 0 Å². The summed E-state index contributed by atoms with van der Waals surface area (Å²) >= 11 is -0.937. The average molecular weight is 425 g/mol. The topological polar surface area (TPSA) is 29.5 Å². The molecule has 0 saturated carbocycles. The number of aliphatic hydroxyl groups excluding tert-OH is 1. The maximum absolute atomic E-state index is 10.3. The van der Waals surface area contributed by atoms with Crippen molar-refractivity contribution >= 4 is 24.8 Å². The molecule has 22 heavy (non-hydrogen) atoms. The van der Waals surface area contributed by atoms with Crippen LogP contribution in [0.1, 0.15) is 48.0 Å². The van der Waals surface area contributed by atoms with Crippen molar-refractivity contribution in [3.05, 3.63) is 40.9 Å². The molecular weight excluding hydrogens is 398 g/mol. The van der Waals surface area contributed by atoms with Crippen LogP contribution < -0.4 is 0 Å². The molecule has 0 atom stereocenters. The van der Waals surface area contributed by atoms with Gasteiger partial charge in [-0.2, -0.15) is 0 Å². The number of hydrogen-bond acceptors (Lipinski definition) is 2. The summed E-state index contributed by atoms with van der Waals surface area (Å²) in [5, 5.41) is 10.3. The molecule has 0 aromatic heterocycles. The van der Waals surface area contributed by atoms with Gasteiger partial charge < -0.3 is 0 Å². The predicted molar refractivity (Wildman–Crippen MR) is 93.3 cm³/mol. The largest absolute Gasteiger partial charge is 0.147 e. The van der Waals surface area contributed by atoms with Gasteiger partial charge in [-0.05, 0) is 0 Å². The van der Waals surface area contributed by atoms with E-state index >= 15 is 0 Å². The van der Waals surface area contributed by atoms with Crippen LogP contribution in [0.5, 0.6) is 0 Å². The van der Waals surface area contributed by atoms with Gasteiger partial charge in [0.25, 0.3) is 0 Å². The molecule has 0 saturated heterocycles. The van der Waals surface area contributed by atoms with Gasteiger partial charge in [0.15, 0.2) is 0 Å². The Morgan fingerprint density at radius 2 is 1.77 bits per heavy atom. The van der Waals surface area contributed by atoms with Gasteiger partial charge in [0.05, 0.1) is 0 Å². The van der Waals surface area contributed by atoms with Crippen LogP contribution in [-0.4, -0.2) is 11.7 Å². The van der Waals surface area contributed by atoms with Gasteiger partial charge in [-0.25, -0.2) is 0 Å². The maximum Gasteiger partial charge on any atom is -0.147 e. The monoisotopic (exact) mass is 422 g/mol. The zero-order valence-corrected chi connectivity index (χ0v) is 18.3. The zero-order valence-electron chi connectivity index (χ0n) is 14.2. The minimum Gasteiger partial charge on any atom is -0.147 e. The van der Waals surface area contributed by atoms with E-state index in [1.165, 1.54) is 20.0 Å². The summed E-state index contributed by atoms with van der Waals surface area (Å²) in [6, 6.07) is 0. The predicted octanol–water partition coefficient (Wildman–Crippen LogP) is 5.66. The van der Waals surface area contributed by atoms with E-state index in [1.54, 1.807) is 3.28 Å². The van der Waals surface area contributed by atoms with Crippen molar-refractivity contribution < 1.29 is 33.1 Å². The summed E-state index contributed by atoms with van der Waals surface area (Å²) in [5.74, 6) is 1.12. The Hall–Kier alpha value is 0.0231. The van der Waals surface area contributed by atoms with Gasteiger partial charge in [0, 0.05) is 0 Å². The Kier molecular flexibility index (Phi) is 8.23. The van der Waals surface area contributed by atoms with Crippen LogP contribution >= 0.6 is 24.8 Å². The molecular formula is C17H26Cl2O2Zr. The average Bonchev–Trinajstić information content (AvgIpc) is 2.80. The third-order valence-corrected chi connectivity index (χ3v) is 9.55. The molecule has 0 aromatic carbocycles. The van der Waals surface area contributed by atoms with Crippen molar-refractivity contribution in [1.82, 2.24) is 0 Å². The van der Waals surface area contributed by atoms with Crippen LogP contribution in [0, 0.1) is 5.41 Å². The molecule has 0 spiro atoms. The molecule has 2 aliphatic carbocycles. The van der Waals surface area contributed by atoms with E-state index in [2.05, 4.69) is 34.6 Å². The van der Waals surface area contributed by atoms with E-state index in [1.807, 2.05) is 13.0 Å². The first-order valence-corrected chi connectivity index (χ1v) is 9.68. The summed E-state index contributed by atoms with van der Waals surface area (Å²) in [4.78, 5) is 0. The molecule has 0 aliphatic heterocycles. The molecule has 0 aromatic rings. The molecule has 0 fully saturated rings. The first-order valence-electron chi connectivity index (χ1n) is 7.22. The fourth-order valence-electron chi connectivity index (χ4n) is 2.92. The third kappa shape index (κ3) is 3.74. The Bertz CT molecular complexity index is 569. The number of halogens is 2. The smallest absolute Gasteiger partial charge is 0.147 e. The van der Waals surface area contributed by atoms with Crippen molar-refractivity contribution in [2.45, 2.75) is 48.0 Å². The Morgan fingerprint density at radius 1 is 1.18 bits per heavy atom. The maximum atomic E-state index is 10.3. The first-order chi connectivity index (χ1) is 9.30. The molecule has 1 N–H and O–H groups in total. The van der Waals surface area contributed by atoms with Crippen LogP contribution in [0.15, 0.2) is 40.9 Å². The molecule has 0 radical (unpaired) electrons. The molecule has 0 bridgehead atoms. The van der Waals surface area contributed by atoms with E-state index in [0.29, 0.717) is 18.1 Å². The minimum atomic E-state index is -0.937. The normalized spacial score (nSPS) is 19.8. The van der Waals surface area contributed by atoms with E-state index in [0.717, 1.165) is 6.42 Å². The Morgan fingerprint density at radius 3 is 2.23 bits per heavy atom. The van der Waals surface area contributed by atoms with Crippen LogP contribution in [0.4, 0.5) is 0 Å². The second kappa shape index (κ2) is 8.22. The summed E-state index contributed by atoms with van der Waals surface area (Å²) in [7, 11) is 0. The standard InChI is InChI=1S/C10H15.C7H9O2.2ClH.Zr/c1-7-6-10(4,5)9(3)8(7)2;1-2-9-7-5-3-4-6(7)8;;;/h1-5H3;5,8H,2-3H2,1H3;2*1H;. The summed E-state index contributed by atoms with van der Waals surface area (Å²) in [5.41, 5.74) is 4.57. The van der Waals surface area contributed by atoms with Crippen LogP contribution in [0.3, 0.4) is 0 Å². The molecule has 2 rings (SSSR count). The Balaban J connectivity index is 0.00000220. The number of hydrogen-bond donors (Lipinski definition) is 1. The zero-order chi connectivity index (χ0) is 15.1. The summed E-state index contributed by atoms with van der Waals surface area (Å²) < 4.78 is 8.34. The molecule has 2 aliphatic rings. The fraction of sp³-hybridized carbons (Fsp3) is 0.529. The van der Waals surface area contributed by atoms with Crippen molar-refractivity contribution in [2.24, 2.45) is 5.41 Å². The van der Waals surface area contributed by atoms with Gasteiger partial charge in [0.2, 0.25) is 0 Å². The Labute approximate surface area is 158 Å². The second-order valence-corrected chi connectivity index (χ2v) is 9.36. The minimum absolute atomic E-state index is 0. The number of allylic oxidation sites excluding steroid dienone is 6. The van der Waals surface area contributed by atoms with Crippen molar-refractivity contribution in [2.75, 3.05) is 6.61 Å². The van der Waals surface area contributed by atoms with E-state index in [4.69, 9.17) is 4.74 Å². The molecule has 124 valence electrons. The third-order valence-electron chi connectivity index (χ3n) is 4.65. The molecule has 5 heteroatoms. The van der Waals surface area contributed by atoms with E-state index in [9.17, 15) is 5.11 Å². The summed E-state index contributed by atoms with van der Waals surface area (Å²) in [6.07, 6.45) is 2.90. The van der Waals surface area contributed by atoms with Gasteiger partial charge >= 0.3 is 134 Å². The van der Waals surface area contributed by atoms with Crippen LogP contribution in [-0.2, 0) is 28.0 Å². The van der Waals surface area contributed by atoms with Crippen molar-refractivity contribution in [1.29, 1.82) is 0 Å². The van der Waals surface area contributed by atoms with Crippen LogP contribution in [0.25, 0.3) is 0 Å². The van der Waals surface area contributed by atoms with Gasteiger partial charge in [-0.3, -0.25) is 0 Å². The van der Waals surface area contributed by atoms with E-state index < -0.39 is 23.2 Å². The molecule has 0 heterocycles. The van der Waals surface area contributed by atoms with Gasteiger partial charge in [-0.1, -0.05) is 0 Å². The number of aliphatic hydroxyl groups is 1. The van der Waals surface area contributed by atoms with Crippen molar-refractivity contribution in [3.8, 4) is 0 Å². The molecule has 0 amide bonds. The SMILES string of the molecule is CCOC1=CC[C]([Zr][C]2=C(C)C(C)=C(C)C2(C)C)=C1O.Cl.Cl. The summed E-state index contributed by atoms with van der Waals surface area (Å²) in [6.45, 7) is 13.9. The molecule has 2 nitrogen and oxygen atoms in total. The second-order valence-electron chi connectivity index (χ2n) is 6.03. The quantitative estimate of drug-likeness (QED) is 0.631. The van der Waals surface area contributed by atoms with Crippen LogP contribution in [0.2, 0.25) is 0 Å². The number of rotatable bonds is 4. The first kappa shape index (κ1) is 22.0. The van der Waals surface area contributed by atoms with E-state index in [-0.39, 0.29) is 30.2 Å². The number of ether oxygens (including phenoxy) is 1. The fourth-order valence-corrected chi connectivity index (χ4v) is 6.91. The molecule has 0 unspecified atom stereocenters. The van der Waals surface area contributed by atoms with Crippen molar-refractivity contribution in [3.63, 3.8) is 0 Å². The van der Waals surface area contributed by atoms with Gasteiger partial charge in [-0.15, -0.1) is 24.8 Å².